The largest absolute Gasteiger partial charge is 0.375 e. The first-order valence-corrected chi connectivity index (χ1v) is 5.72. The van der Waals surface area contributed by atoms with Gasteiger partial charge < -0.3 is 15.4 Å². The molecule has 1 fully saturated rings. The van der Waals surface area contributed by atoms with Gasteiger partial charge in [0.05, 0.1) is 19.1 Å². The molecular weight excluding hydrogens is 278 g/mol. The number of morpholine rings is 1. The summed E-state index contributed by atoms with van der Waals surface area (Å²) in [6, 6.07) is 3.24. The molecular formula is C12H15ClF2N2O2. The van der Waals surface area contributed by atoms with E-state index in [0.717, 1.165) is 18.7 Å². The van der Waals surface area contributed by atoms with Gasteiger partial charge in [0.15, 0.2) is 11.6 Å². The molecule has 0 spiro atoms. The predicted molar refractivity (Wildman–Crippen MR) is 69.5 cm³/mol. The number of rotatable bonds is 3. The fraction of sp³-hybridized carbons (Fsp3) is 0.417. The molecule has 0 radical (unpaired) electrons. The highest BCUT2D eigenvalue weighted by Gasteiger charge is 2.17. The van der Waals surface area contributed by atoms with E-state index >= 15 is 0 Å². The summed E-state index contributed by atoms with van der Waals surface area (Å²) in [4.78, 5) is 11.6. The normalized spacial score (nSPS) is 18.5. The quantitative estimate of drug-likeness (QED) is 0.892. The average Bonchev–Trinajstić information content (AvgIpc) is 2.35. The third kappa shape index (κ3) is 4.74. The van der Waals surface area contributed by atoms with Crippen LogP contribution in [0.4, 0.5) is 14.5 Å². The molecule has 106 valence electrons. The summed E-state index contributed by atoms with van der Waals surface area (Å²) in [6.07, 6.45) is 0.00969. The SMILES string of the molecule is Cl.O=C(CC1CNCCO1)Nc1ccc(F)c(F)c1. The van der Waals surface area contributed by atoms with E-state index in [4.69, 9.17) is 4.74 Å². The summed E-state index contributed by atoms with van der Waals surface area (Å²) in [5.74, 6) is -2.20. The van der Waals surface area contributed by atoms with Crippen molar-refractivity contribution in [3.8, 4) is 0 Å². The first-order valence-electron chi connectivity index (χ1n) is 5.72. The summed E-state index contributed by atoms with van der Waals surface area (Å²) in [5, 5.41) is 5.61. The molecule has 1 aromatic carbocycles. The maximum atomic E-state index is 12.9. The third-order valence-electron chi connectivity index (χ3n) is 2.62. The van der Waals surface area contributed by atoms with Crippen LogP contribution in [0.2, 0.25) is 0 Å². The molecule has 7 heteroatoms. The van der Waals surface area contributed by atoms with Crippen molar-refractivity contribution in [3.05, 3.63) is 29.8 Å². The summed E-state index contributed by atoms with van der Waals surface area (Å²) in [6.45, 7) is 1.97. The Labute approximate surface area is 115 Å². The van der Waals surface area contributed by atoms with E-state index in [1.54, 1.807) is 0 Å². The van der Waals surface area contributed by atoms with Gasteiger partial charge in [-0.25, -0.2) is 8.78 Å². The second-order valence-corrected chi connectivity index (χ2v) is 4.08. The van der Waals surface area contributed by atoms with Crippen LogP contribution in [0.1, 0.15) is 6.42 Å². The van der Waals surface area contributed by atoms with Crippen LogP contribution in [-0.2, 0) is 9.53 Å². The number of halogens is 3. The zero-order valence-corrected chi connectivity index (χ0v) is 10.9. The minimum Gasteiger partial charge on any atom is -0.375 e. The highest BCUT2D eigenvalue weighted by molar-refractivity contribution is 5.91. The number of carbonyl (C=O) groups is 1. The van der Waals surface area contributed by atoms with Gasteiger partial charge in [-0.1, -0.05) is 0 Å². The van der Waals surface area contributed by atoms with E-state index in [0.29, 0.717) is 13.2 Å². The van der Waals surface area contributed by atoms with Crippen molar-refractivity contribution in [2.75, 3.05) is 25.0 Å². The van der Waals surface area contributed by atoms with E-state index in [1.807, 2.05) is 0 Å². The van der Waals surface area contributed by atoms with Crippen LogP contribution in [0.25, 0.3) is 0 Å². The minimum atomic E-state index is -0.983. The molecule has 1 amide bonds. The molecule has 1 saturated heterocycles. The maximum absolute atomic E-state index is 12.9. The molecule has 1 heterocycles. The minimum absolute atomic E-state index is 0. The number of nitrogens with one attached hydrogen (secondary N) is 2. The highest BCUT2D eigenvalue weighted by Crippen LogP contribution is 2.14. The topological polar surface area (TPSA) is 50.4 Å². The second-order valence-electron chi connectivity index (χ2n) is 4.08. The lowest BCUT2D eigenvalue weighted by molar-refractivity contribution is -0.119. The molecule has 2 N–H and O–H groups in total. The first-order chi connectivity index (χ1) is 8.65. The number of carbonyl (C=O) groups excluding carboxylic acids is 1. The van der Waals surface area contributed by atoms with Crippen LogP contribution in [0.5, 0.6) is 0 Å². The van der Waals surface area contributed by atoms with E-state index in [2.05, 4.69) is 10.6 Å². The van der Waals surface area contributed by atoms with Crippen molar-refractivity contribution in [1.82, 2.24) is 5.32 Å². The zero-order valence-electron chi connectivity index (χ0n) is 10.1. The van der Waals surface area contributed by atoms with Crippen LogP contribution >= 0.6 is 12.4 Å². The van der Waals surface area contributed by atoms with Crippen LogP contribution < -0.4 is 10.6 Å². The number of hydrogen-bond donors (Lipinski definition) is 2. The van der Waals surface area contributed by atoms with Crippen molar-refractivity contribution in [2.45, 2.75) is 12.5 Å². The number of benzene rings is 1. The van der Waals surface area contributed by atoms with Gasteiger partial charge in [-0.2, -0.15) is 0 Å². The van der Waals surface area contributed by atoms with E-state index in [9.17, 15) is 13.6 Å². The average molecular weight is 293 g/mol. The Morgan fingerprint density at radius 3 is 2.84 bits per heavy atom. The Balaban J connectivity index is 0.00000180. The van der Waals surface area contributed by atoms with Gasteiger partial charge >= 0.3 is 0 Å². The molecule has 1 aliphatic heterocycles. The van der Waals surface area contributed by atoms with Crippen LogP contribution in [0.15, 0.2) is 18.2 Å². The lowest BCUT2D eigenvalue weighted by Gasteiger charge is -2.23. The predicted octanol–water partition coefficient (Wildman–Crippen LogP) is 1.70. The molecule has 1 aromatic rings. The van der Waals surface area contributed by atoms with E-state index in [-0.39, 0.29) is 36.5 Å². The summed E-state index contributed by atoms with van der Waals surface area (Å²) >= 11 is 0. The number of ether oxygens (including phenoxy) is 1. The maximum Gasteiger partial charge on any atom is 0.227 e. The lowest BCUT2D eigenvalue weighted by atomic mass is 10.2. The molecule has 0 aliphatic carbocycles. The molecule has 4 nitrogen and oxygen atoms in total. The second kappa shape index (κ2) is 7.37. The Hall–Kier alpha value is -1.24. The van der Waals surface area contributed by atoms with Crippen molar-refractivity contribution in [1.29, 1.82) is 0 Å². The Bertz CT molecular complexity index is 440. The van der Waals surface area contributed by atoms with Gasteiger partial charge in [0, 0.05) is 24.8 Å². The molecule has 0 aromatic heterocycles. The van der Waals surface area contributed by atoms with Gasteiger partial charge in [0.1, 0.15) is 0 Å². The lowest BCUT2D eigenvalue weighted by Crippen LogP contribution is -2.40. The zero-order chi connectivity index (χ0) is 13.0. The number of hydrogen-bond acceptors (Lipinski definition) is 3. The first kappa shape index (κ1) is 15.8. The highest BCUT2D eigenvalue weighted by atomic mass is 35.5. The van der Waals surface area contributed by atoms with Crippen LogP contribution in [-0.4, -0.2) is 31.7 Å². The monoisotopic (exact) mass is 292 g/mol. The van der Waals surface area contributed by atoms with Crippen molar-refractivity contribution in [2.24, 2.45) is 0 Å². The summed E-state index contributed by atoms with van der Waals surface area (Å²) in [7, 11) is 0. The molecule has 2 rings (SSSR count). The van der Waals surface area contributed by atoms with E-state index < -0.39 is 11.6 Å². The molecule has 1 aliphatic rings. The van der Waals surface area contributed by atoms with Gasteiger partial charge in [-0.05, 0) is 12.1 Å². The van der Waals surface area contributed by atoms with E-state index in [1.165, 1.54) is 6.07 Å². The van der Waals surface area contributed by atoms with Gasteiger partial charge in [-0.15, -0.1) is 12.4 Å². The molecule has 19 heavy (non-hydrogen) atoms. The van der Waals surface area contributed by atoms with Crippen molar-refractivity contribution < 1.29 is 18.3 Å². The summed E-state index contributed by atoms with van der Waals surface area (Å²) < 4.78 is 31.0. The Kier molecular flexibility index (Phi) is 6.14. The van der Waals surface area contributed by atoms with Crippen LogP contribution in [0.3, 0.4) is 0 Å². The Morgan fingerprint density at radius 1 is 1.42 bits per heavy atom. The van der Waals surface area contributed by atoms with Crippen molar-refractivity contribution >= 4 is 24.0 Å². The van der Waals surface area contributed by atoms with Crippen molar-refractivity contribution in [3.63, 3.8) is 0 Å². The molecule has 0 saturated carbocycles. The Morgan fingerprint density at radius 2 is 2.21 bits per heavy atom. The molecule has 0 bridgehead atoms. The number of anilines is 1. The number of amides is 1. The van der Waals surface area contributed by atoms with Gasteiger partial charge in [-0.3, -0.25) is 4.79 Å². The molecule has 1 unspecified atom stereocenters. The standard InChI is InChI=1S/C12H14F2N2O2.ClH/c13-10-2-1-8(5-11(10)14)16-12(17)6-9-7-15-3-4-18-9;/h1-2,5,9,15H,3-4,6-7H2,(H,16,17);1H. The van der Waals surface area contributed by atoms with Crippen LogP contribution in [0, 0.1) is 11.6 Å². The van der Waals surface area contributed by atoms with Gasteiger partial charge in [0.25, 0.3) is 0 Å². The van der Waals surface area contributed by atoms with Gasteiger partial charge in [0.2, 0.25) is 5.91 Å². The summed E-state index contributed by atoms with van der Waals surface area (Å²) in [5.41, 5.74) is 0.239. The smallest absolute Gasteiger partial charge is 0.227 e. The fourth-order valence-corrected chi connectivity index (χ4v) is 1.74. The fourth-order valence-electron chi connectivity index (χ4n) is 1.74. The molecule has 1 atom stereocenters. The third-order valence-corrected chi connectivity index (χ3v) is 2.62.